The van der Waals surface area contributed by atoms with E-state index in [4.69, 9.17) is 0 Å². The summed E-state index contributed by atoms with van der Waals surface area (Å²) < 4.78 is 0. The molecule has 3 atom stereocenters. The van der Waals surface area contributed by atoms with E-state index in [1.54, 1.807) is 0 Å². The summed E-state index contributed by atoms with van der Waals surface area (Å²) in [4.78, 5) is 0. The van der Waals surface area contributed by atoms with E-state index in [1.807, 2.05) is 11.8 Å². The van der Waals surface area contributed by atoms with E-state index >= 15 is 0 Å². The minimum absolute atomic E-state index is 0.722. The average molecular weight is 217 g/mol. The summed E-state index contributed by atoms with van der Waals surface area (Å²) in [6.07, 6.45) is 6.07. The van der Waals surface area contributed by atoms with E-state index in [2.05, 4.69) is 39.3 Å². The summed E-state index contributed by atoms with van der Waals surface area (Å²) >= 11 is 1.94. The Morgan fingerprint density at radius 1 is 1.14 bits per heavy atom. The predicted octanol–water partition coefficient (Wildman–Crippen LogP) is 3.54. The van der Waals surface area contributed by atoms with Crippen LogP contribution in [0.3, 0.4) is 0 Å². The lowest BCUT2D eigenvalue weighted by Crippen LogP contribution is -2.34. The summed E-state index contributed by atoms with van der Waals surface area (Å²) in [5.41, 5.74) is 0. The SMILES string of the molecule is CCC(C)CC(CC)NCC(C)SC. The van der Waals surface area contributed by atoms with Crippen LogP contribution in [0.5, 0.6) is 0 Å². The summed E-state index contributed by atoms with van der Waals surface area (Å²) in [6, 6.07) is 0.722. The number of nitrogens with one attached hydrogen (secondary N) is 1. The zero-order valence-electron chi connectivity index (χ0n) is 10.5. The Morgan fingerprint density at radius 2 is 1.79 bits per heavy atom. The Morgan fingerprint density at radius 3 is 2.21 bits per heavy atom. The average Bonchev–Trinajstić information content (AvgIpc) is 2.22. The van der Waals surface area contributed by atoms with Gasteiger partial charge in [-0.1, -0.05) is 34.1 Å². The molecule has 0 amide bonds. The molecule has 0 spiro atoms. The van der Waals surface area contributed by atoms with Crippen LogP contribution in [-0.2, 0) is 0 Å². The van der Waals surface area contributed by atoms with Crippen molar-refractivity contribution in [3.63, 3.8) is 0 Å². The van der Waals surface area contributed by atoms with Crippen LogP contribution in [0.2, 0.25) is 0 Å². The van der Waals surface area contributed by atoms with Gasteiger partial charge in [0.2, 0.25) is 0 Å². The number of thioether (sulfide) groups is 1. The molecule has 2 heteroatoms. The minimum atomic E-state index is 0.722. The molecule has 0 fully saturated rings. The van der Waals surface area contributed by atoms with Crippen LogP contribution in [0.1, 0.15) is 47.0 Å². The summed E-state index contributed by atoms with van der Waals surface area (Å²) in [7, 11) is 0. The van der Waals surface area contributed by atoms with Gasteiger partial charge in [0.25, 0.3) is 0 Å². The Bertz CT molecular complexity index is 127. The van der Waals surface area contributed by atoms with Gasteiger partial charge < -0.3 is 5.32 Å². The molecule has 0 aromatic carbocycles. The van der Waals surface area contributed by atoms with Gasteiger partial charge >= 0.3 is 0 Å². The summed E-state index contributed by atoms with van der Waals surface area (Å²) in [6.45, 7) is 10.3. The number of hydrogen-bond donors (Lipinski definition) is 1. The van der Waals surface area contributed by atoms with E-state index < -0.39 is 0 Å². The van der Waals surface area contributed by atoms with Gasteiger partial charge in [0, 0.05) is 17.8 Å². The predicted molar refractivity (Wildman–Crippen MR) is 69.1 cm³/mol. The van der Waals surface area contributed by atoms with Gasteiger partial charge in [-0.2, -0.15) is 11.8 Å². The van der Waals surface area contributed by atoms with Crippen molar-refractivity contribution in [2.75, 3.05) is 12.8 Å². The van der Waals surface area contributed by atoms with Crippen molar-refractivity contribution in [2.45, 2.75) is 58.2 Å². The van der Waals surface area contributed by atoms with E-state index in [0.717, 1.165) is 23.8 Å². The van der Waals surface area contributed by atoms with Gasteiger partial charge in [-0.15, -0.1) is 0 Å². The molecular formula is C12H27NS. The summed E-state index contributed by atoms with van der Waals surface area (Å²) in [5, 5.41) is 4.40. The van der Waals surface area contributed by atoms with Crippen molar-refractivity contribution in [3.05, 3.63) is 0 Å². The van der Waals surface area contributed by atoms with Crippen LogP contribution in [-0.4, -0.2) is 24.1 Å². The first-order valence-electron chi connectivity index (χ1n) is 5.90. The Balaban J connectivity index is 3.68. The standard InChI is InChI=1S/C12H27NS/c1-6-10(3)8-12(7-2)13-9-11(4)14-5/h10-13H,6-9H2,1-5H3. The topological polar surface area (TPSA) is 12.0 Å². The Hall–Kier alpha value is 0.310. The highest BCUT2D eigenvalue weighted by Crippen LogP contribution is 2.12. The molecule has 14 heavy (non-hydrogen) atoms. The van der Waals surface area contributed by atoms with Crippen LogP contribution >= 0.6 is 11.8 Å². The molecule has 0 aromatic heterocycles. The first-order valence-corrected chi connectivity index (χ1v) is 7.18. The second-order valence-corrected chi connectivity index (χ2v) is 5.59. The van der Waals surface area contributed by atoms with Crippen molar-refractivity contribution in [1.82, 2.24) is 5.32 Å². The van der Waals surface area contributed by atoms with Crippen molar-refractivity contribution < 1.29 is 0 Å². The highest BCUT2D eigenvalue weighted by Gasteiger charge is 2.10. The van der Waals surface area contributed by atoms with Gasteiger partial charge in [0.1, 0.15) is 0 Å². The second-order valence-electron chi connectivity index (χ2n) is 4.31. The van der Waals surface area contributed by atoms with Gasteiger partial charge in [-0.25, -0.2) is 0 Å². The molecule has 0 saturated carbocycles. The van der Waals surface area contributed by atoms with E-state index in [-0.39, 0.29) is 0 Å². The van der Waals surface area contributed by atoms with Gasteiger partial charge in [-0.05, 0) is 25.0 Å². The van der Waals surface area contributed by atoms with Crippen molar-refractivity contribution >= 4 is 11.8 Å². The molecule has 0 rings (SSSR count). The van der Waals surface area contributed by atoms with Crippen molar-refractivity contribution in [3.8, 4) is 0 Å². The fraction of sp³-hybridized carbons (Fsp3) is 1.00. The van der Waals surface area contributed by atoms with Crippen LogP contribution in [0.4, 0.5) is 0 Å². The van der Waals surface area contributed by atoms with Crippen LogP contribution in [0.25, 0.3) is 0 Å². The van der Waals surface area contributed by atoms with E-state index in [1.165, 1.54) is 19.3 Å². The van der Waals surface area contributed by atoms with Crippen molar-refractivity contribution in [1.29, 1.82) is 0 Å². The molecule has 1 N–H and O–H groups in total. The zero-order valence-corrected chi connectivity index (χ0v) is 11.3. The molecule has 0 aliphatic carbocycles. The van der Waals surface area contributed by atoms with Crippen LogP contribution in [0.15, 0.2) is 0 Å². The highest BCUT2D eigenvalue weighted by atomic mass is 32.2. The molecule has 0 radical (unpaired) electrons. The monoisotopic (exact) mass is 217 g/mol. The maximum atomic E-state index is 3.66. The molecule has 0 saturated heterocycles. The quantitative estimate of drug-likeness (QED) is 0.667. The molecule has 0 aromatic rings. The van der Waals surface area contributed by atoms with Gasteiger partial charge in [0.15, 0.2) is 0 Å². The number of hydrogen-bond acceptors (Lipinski definition) is 2. The van der Waals surface area contributed by atoms with Gasteiger partial charge in [0.05, 0.1) is 0 Å². The first kappa shape index (κ1) is 14.3. The lowest BCUT2D eigenvalue weighted by atomic mass is 9.98. The highest BCUT2D eigenvalue weighted by molar-refractivity contribution is 7.99. The molecule has 0 heterocycles. The number of rotatable bonds is 8. The molecule has 0 bridgehead atoms. The van der Waals surface area contributed by atoms with Crippen LogP contribution in [0, 0.1) is 5.92 Å². The molecule has 1 nitrogen and oxygen atoms in total. The molecule has 0 aliphatic heterocycles. The molecule has 3 unspecified atom stereocenters. The second kappa shape index (κ2) is 8.60. The minimum Gasteiger partial charge on any atom is -0.313 e. The van der Waals surface area contributed by atoms with E-state index in [9.17, 15) is 0 Å². The smallest absolute Gasteiger partial charge is 0.0141 e. The lowest BCUT2D eigenvalue weighted by Gasteiger charge is -2.21. The molecular weight excluding hydrogens is 190 g/mol. The first-order chi connectivity index (χ1) is 6.63. The third-order valence-corrected chi connectivity index (χ3v) is 3.94. The van der Waals surface area contributed by atoms with E-state index in [0.29, 0.717) is 0 Å². The molecule has 86 valence electrons. The zero-order chi connectivity index (χ0) is 11.0. The van der Waals surface area contributed by atoms with Crippen molar-refractivity contribution in [2.24, 2.45) is 5.92 Å². The maximum Gasteiger partial charge on any atom is 0.0141 e. The fourth-order valence-corrected chi connectivity index (χ4v) is 1.73. The van der Waals surface area contributed by atoms with Crippen LogP contribution < -0.4 is 5.32 Å². The Kier molecular flexibility index (Phi) is 8.80. The largest absolute Gasteiger partial charge is 0.313 e. The third kappa shape index (κ3) is 6.72. The summed E-state index contributed by atoms with van der Waals surface area (Å²) in [5.74, 6) is 0.858. The molecule has 0 aliphatic rings. The lowest BCUT2D eigenvalue weighted by molar-refractivity contribution is 0.387. The normalized spacial score (nSPS) is 17.8. The fourth-order valence-electron chi connectivity index (χ4n) is 1.46. The maximum absolute atomic E-state index is 3.66. The van der Waals surface area contributed by atoms with Gasteiger partial charge in [-0.3, -0.25) is 0 Å². The Labute approximate surface area is 94.4 Å². The third-order valence-electron chi connectivity index (χ3n) is 2.97.